The molecule has 0 atom stereocenters. The smallest absolute Gasteiger partial charge is 0.228 e. The van der Waals surface area contributed by atoms with E-state index in [4.69, 9.17) is 7.98 Å². The Labute approximate surface area is 162 Å². The summed E-state index contributed by atoms with van der Waals surface area (Å²) >= 11 is 0. The Kier molecular flexibility index (Phi) is 4.15. The molecule has 2 radical (unpaired) electrons. The van der Waals surface area contributed by atoms with Crippen LogP contribution in [-0.4, -0.2) is 34.5 Å². The van der Waals surface area contributed by atoms with Crippen LogP contribution in [0.4, 0.5) is 10.2 Å². The van der Waals surface area contributed by atoms with Crippen molar-refractivity contribution in [2.24, 2.45) is 7.05 Å². The molecular formula is C20H16BFN6. The van der Waals surface area contributed by atoms with Gasteiger partial charge in [0.15, 0.2) is 0 Å². The molecular weight excluding hydrogens is 354 g/mol. The molecule has 0 saturated carbocycles. The second kappa shape index (κ2) is 6.53. The highest BCUT2D eigenvalue weighted by Crippen LogP contribution is 2.37. The highest BCUT2D eigenvalue weighted by Gasteiger charge is 2.21. The number of allylic oxidation sites excluding steroid dienone is 1. The van der Waals surface area contributed by atoms with Crippen molar-refractivity contribution < 1.29 is 4.39 Å². The zero-order valence-corrected chi connectivity index (χ0v) is 15.5. The van der Waals surface area contributed by atoms with Crippen molar-refractivity contribution >= 4 is 35.9 Å². The fourth-order valence-corrected chi connectivity index (χ4v) is 3.55. The van der Waals surface area contributed by atoms with Gasteiger partial charge in [-0.2, -0.15) is 5.26 Å². The Bertz CT molecular complexity index is 1280. The van der Waals surface area contributed by atoms with Crippen molar-refractivity contribution in [3.05, 3.63) is 54.1 Å². The lowest BCUT2D eigenvalue weighted by molar-refractivity contribution is 0.628. The van der Waals surface area contributed by atoms with Gasteiger partial charge in [0.25, 0.3) is 0 Å². The van der Waals surface area contributed by atoms with E-state index < -0.39 is 5.82 Å². The van der Waals surface area contributed by atoms with Crippen molar-refractivity contribution in [2.45, 2.75) is 6.42 Å². The van der Waals surface area contributed by atoms with Crippen LogP contribution < -0.4 is 4.81 Å². The van der Waals surface area contributed by atoms with E-state index in [1.165, 1.54) is 16.9 Å². The summed E-state index contributed by atoms with van der Waals surface area (Å²) in [4.78, 5) is 13.8. The van der Waals surface area contributed by atoms with Gasteiger partial charge in [0.05, 0.1) is 29.2 Å². The van der Waals surface area contributed by atoms with Gasteiger partial charge in [-0.05, 0) is 37.2 Å². The number of nitriles is 1. The molecule has 1 N–H and O–H groups in total. The minimum Gasteiger partial charge on any atom is -0.411 e. The van der Waals surface area contributed by atoms with Crippen LogP contribution in [0.3, 0.4) is 0 Å². The van der Waals surface area contributed by atoms with Gasteiger partial charge >= 0.3 is 0 Å². The predicted octanol–water partition coefficient (Wildman–Crippen LogP) is 3.38. The van der Waals surface area contributed by atoms with Crippen LogP contribution in [0.2, 0.25) is 0 Å². The minimum atomic E-state index is -0.474. The summed E-state index contributed by atoms with van der Waals surface area (Å²) in [5.74, 6) is 0.0521. The summed E-state index contributed by atoms with van der Waals surface area (Å²) in [6.45, 7) is 3.85. The molecule has 28 heavy (non-hydrogen) atoms. The third-order valence-electron chi connectivity index (χ3n) is 4.69. The number of imidazole rings is 1. The van der Waals surface area contributed by atoms with E-state index in [1.54, 1.807) is 25.5 Å². The van der Waals surface area contributed by atoms with E-state index in [1.807, 2.05) is 17.7 Å². The Balaban J connectivity index is 2.14. The number of aryl methyl sites for hydroxylation is 1. The molecule has 8 heteroatoms. The molecule has 0 spiro atoms. The molecule has 0 aliphatic rings. The summed E-state index contributed by atoms with van der Waals surface area (Å²) in [7, 11) is 9.55. The van der Waals surface area contributed by atoms with E-state index in [0.717, 1.165) is 16.5 Å². The summed E-state index contributed by atoms with van der Waals surface area (Å²) < 4.78 is 16.0. The number of aromatic amines is 1. The molecule has 0 bridgehead atoms. The highest BCUT2D eigenvalue weighted by molar-refractivity contribution is 6.21. The number of nitrogens with one attached hydrogen (secondary N) is 1. The lowest BCUT2D eigenvalue weighted by Crippen LogP contribution is -2.13. The predicted molar refractivity (Wildman–Crippen MR) is 109 cm³/mol. The first kappa shape index (κ1) is 17.8. The molecule has 6 nitrogen and oxygen atoms in total. The van der Waals surface area contributed by atoms with Crippen LogP contribution in [0.25, 0.3) is 33.3 Å². The maximum atomic E-state index is 14.1. The van der Waals surface area contributed by atoms with E-state index in [9.17, 15) is 9.65 Å². The number of hydrogen-bond donors (Lipinski definition) is 1. The molecule has 3 aromatic heterocycles. The maximum absolute atomic E-state index is 14.1. The number of fused-ring (bicyclic) bond motifs is 3. The van der Waals surface area contributed by atoms with Crippen LogP contribution in [0.1, 0.15) is 11.1 Å². The number of H-pyrrole nitrogens is 1. The van der Waals surface area contributed by atoms with Crippen LogP contribution in [0, 0.1) is 17.1 Å². The first-order chi connectivity index (χ1) is 13.4. The third-order valence-corrected chi connectivity index (χ3v) is 4.69. The molecule has 0 unspecified atom stereocenters. The molecule has 0 aliphatic heterocycles. The number of benzene rings is 1. The summed E-state index contributed by atoms with van der Waals surface area (Å²) in [5.41, 5.74) is 4.58. The molecule has 136 valence electrons. The van der Waals surface area contributed by atoms with E-state index in [-0.39, 0.29) is 5.56 Å². The Morgan fingerprint density at radius 2 is 2.21 bits per heavy atom. The second-order valence-corrected chi connectivity index (χ2v) is 6.63. The number of halogens is 1. The lowest BCUT2D eigenvalue weighted by Gasteiger charge is -2.13. The normalized spacial score (nSPS) is 11.1. The monoisotopic (exact) mass is 370 g/mol. The number of aromatic nitrogens is 4. The van der Waals surface area contributed by atoms with Gasteiger partial charge < -0.3 is 14.4 Å². The van der Waals surface area contributed by atoms with E-state index in [0.29, 0.717) is 34.7 Å². The number of rotatable bonds is 4. The fourth-order valence-electron chi connectivity index (χ4n) is 3.55. The molecule has 0 amide bonds. The summed E-state index contributed by atoms with van der Waals surface area (Å²) in [6, 6.07) is 6.25. The number of hydrogen-bond acceptors (Lipinski definition) is 4. The first-order valence-electron chi connectivity index (χ1n) is 8.60. The van der Waals surface area contributed by atoms with Crippen LogP contribution in [0.15, 0.2) is 37.2 Å². The van der Waals surface area contributed by atoms with Gasteiger partial charge in [0, 0.05) is 18.0 Å². The Morgan fingerprint density at radius 3 is 2.89 bits per heavy atom. The Hall–Kier alpha value is -3.60. The van der Waals surface area contributed by atoms with E-state index in [2.05, 4.69) is 21.5 Å². The van der Waals surface area contributed by atoms with Crippen molar-refractivity contribution in [1.82, 2.24) is 19.5 Å². The van der Waals surface area contributed by atoms with Crippen molar-refractivity contribution in [2.75, 3.05) is 11.9 Å². The fraction of sp³-hybridized carbons (Fsp3) is 0.150. The van der Waals surface area contributed by atoms with Crippen LogP contribution in [-0.2, 0) is 13.5 Å². The van der Waals surface area contributed by atoms with Gasteiger partial charge in [-0.25, -0.2) is 14.4 Å². The van der Waals surface area contributed by atoms with Crippen molar-refractivity contribution in [1.29, 1.82) is 5.26 Å². The van der Waals surface area contributed by atoms with Crippen molar-refractivity contribution in [3.63, 3.8) is 0 Å². The van der Waals surface area contributed by atoms with Gasteiger partial charge in [-0.1, -0.05) is 6.08 Å². The Morgan fingerprint density at radius 1 is 1.43 bits per heavy atom. The lowest BCUT2D eigenvalue weighted by atomic mass is 10.0. The average molecular weight is 370 g/mol. The number of anilines is 1. The van der Waals surface area contributed by atoms with Crippen LogP contribution >= 0.6 is 0 Å². The standard InChI is InChI=1S/C20H16BFN6/c1-4-5-14-15-18-17(24-10-27(18)2)20(28(3)21)26-19(15)25-16(14)12-6-11(9-23)7-13(22)8-12/h4,6-8,10H,1,5H2,2-3H3,(H,25,26). The molecule has 3 heterocycles. The van der Waals surface area contributed by atoms with Gasteiger partial charge in [-0.3, -0.25) is 0 Å². The maximum Gasteiger partial charge on any atom is 0.228 e. The molecule has 1 aromatic carbocycles. The van der Waals surface area contributed by atoms with Gasteiger partial charge in [0.1, 0.15) is 22.8 Å². The third kappa shape index (κ3) is 2.64. The topological polar surface area (TPSA) is 73.5 Å². The van der Waals surface area contributed by atoms with Crippen LogP contribution in [0.5, 0.6) is 0 Å². The zero-order valence-electron chi connectivity index (χ0n) is 15.5. The molecule has 0 saturated heterocycles. The molecule has 4 rings (SSSR count). The zero-order chi connectivity index (χ0) is 20.0. The minimum absolute atomic E-state index is 0.249. The largest absolute Gasteiger partial charge is 0.411 e. The van der Waals surface area contributed by atoms with E-state index >= 15 is 0 Å². The molecule has 4 aromatic rings. The first-order valence-corrected chi connectivity index (χ1v) is 8.60. The molecule has 0 fully saturated rings. The number of nitrogens with zero attached hydrogens (tertiary/aromatic N) is 5. The quantitative estimate of drug-likeness (QED) is 0.442. The van der Waals surface area contributed by atoms with Crippen molar-refractivity contribution in [3.8, 4) is 17.3 Å². The summed E-state index contributed by atoms with van der Waals surface area (Å²) in [5, 5.41) is 10.1. The van der Waals surface area contributed by atoms with Gasteiger partial charge in [-0.15, -0.1) is 6.58 Å². The average Bonchev–Trinajstić information content (AvgIpc) is 3.21. The SMILES string of the molecule is [B]N(C)c1nc2[nH]c(-c3cc(F)cc(C#N)c3)c(CC=C)c2c2c1ncn2C. The molecule has 0 aliphatic carbocycles. The van der Waals surface area contributed by atoms with Gasteiger partial charge in [0.2, 0.25) is 7.98 Å². The highest BCUT2D eigenvalue weighted by atomic mass is 19.1. The number of pyridine rings is 1. The summed E-state index contributed by atoms with van der Waals surface area (Å²) in [6.07, 6.45) is 4.02. The second-order valence-electron chi connectivity index (χ2n) is 6.63.